The Morgan fingerprint density at radius 3 is 2.53 bits per heavy atom. The molecule has 0 radical (unpaired) electrons. The van der Waals surface area contributed by atoms with Crippen LogP contribution in [0.5, 0.6) is 0 Å². The summed E-state index contributed by atoms with van der Waals surface area (Å²) in [5.41, 5.74) is 5.53. The smallest absolute Gasteiger partial charge is 0.243 e. The number of nitrogens with two attached hydrogens (primary N) is 1. The van der Waals surface area contributed by atoms with E-state index >= 15 is 0 Å². The monoisotopic (exact) mass is 287 g/mol. The van der Waals surface area contributed by atoms with Crippen molar-refractivity contribution in [1.82, 2.24) is 9.29 Å². The number of hydrogen-bond donors (Lipinski definition) is 2. The van der Waals surface area contributed by atoms with Gasteiger partial charge in [-0.15, -0.1) is 0 Å². The Bertz CT molecular complexity index is 501. The summed E-state index contributed by atoms with van der Waals surface area (Å²) in [5.74, 6) is 0.162. The second-order valence-corrected chi connectivity index (χ2v) is 6.12. The lowest BCUT2D eigenvalue weighted by molar-refractivity contribution is 0.219. The predicted molar refractivity (Wildman–Crippen MR) is 74.0 cm³/mol. The summed E-state index contributed by atoms with van der Waals surface area (Å²) in [4.78, 5) is 3.90. The van der Waals surface area contributed by atoms with Crippen LogP contribution in [0.1, 0.15) is 26.7 Å². The molecule has 0 spiro atoms. The molecule has 0 saturated carbocycles. The molecule has 0 aliphatic heterocycles. The number of rotatable bonds is 7. The minimum Gasteiger partial charge on any atom is -0.395 e. The Hall–Kier alpha value is -1.18. The maximum Gasteiger partial charge on any atom is 0.243 e. The van der Waals surface area contributed by atoms with Crippen molar-refractivity contribution in [3.63, 3.8) is 0 Å². The summed E-state index contributed by atoms with van der Waals surface area (Å²) in [7, 11) is -3.66. The number of nitrogen functional groups attached to an aromatic ring is 1. The van der Waals surface area contributed by atoms with Gasteiger partial charge in [0.05, 0.1) is 11.5 Å². The van der Waals surface area contributed by atoms with E-state index in [-0.39, 0.29) is 29.9 Å². The third kappa shape index (κ3) is 3.65. The molecule has 7 heteroatoms. The molecule has 0 aliphatic rings. The number of hydrogen-bond acceptors (Lipinski definition) is 5. The number of pyridine rings is 1. The summed E-state index contributed by atoms with van der Waals surface area (Å²) >= 11 is 0. The molecule has 0 aliphatic carbocycles. The van der Waals surface area contributed by atoms with E-state index < -0.39 is 10.0 Å². The Balaban J connectivity index is 3.19. The average molecular weight is 287 g/mol. The first kappa shape index (κ1) is 15.9. The lowest BCUT2D eigenvalue weighted by atomic mass is 10.2. The van der Waals surface area contributed by atoms with Crippen LogP contribution in [0.25, 0.3) is 0 Å². The Morgan fingerprint density at radius 1 is 1.42 bits per heavy atom. The van der Waals surface area contributed by atoms with Crippen LogP contribution in [-0.2, 0) is 10.0 Å². The van der Waals surface area contributed by atoms with Gasteiger partial charge in [0.2, 0.25) is 10.0 Å². The number of nitrogens with zero attached hydrogens (tertiary/aromatic N) is 2. The molecule has 0 amide bonds. The maximum absolute atomic E-state index is 12.6. The molecule has 108 valence electrons. The van der Waals surface area contributed by atoms with Crippen LogP contribution in [0.2, 0.25) is 0 Å². The van der Waals surface area contributed by atoms with E-state index in [4.69, 9.17) is 10.8 Å². The van der Waals surface area contributed by atoms with E-state index in [1.807, 2.05) is 13.8 Å². The summed E-state index contributed by atoms with van der Waals surface area (Å²) in [6.45, 7) is 3.72. The van der Waals surface area contributed by atoms with Crippen LogP contribution in [0, 0.1) is 0 Å². The van der Waals surface area contributed by atoms with Crippen molar-refractivity contribution in [2.75, 3.05) is 18.9 Å². The standard InChI is InChI=1S/C12H21N3O3S/c1-3-10(4-2)15(7-8-16)19(17,18)11-5-6-14-12(13)9-11/h5-6,9-10,16H,3-4,7-8H2,1-2H3,(H2,13,14). The first-order valence-electron chi connectivity index (χ1n) is 6.31. The molecular weight excluding hydrogens is 266 g/mol. The molecule has 0 fully saturated rings. The lowest BCUT2D eigenvalue weighted by Gasteiger charge is -2.29. The normalized spacial score (nSPS) is 12.3. The zero-order valence-electron chi connectivity index (χ0n) is 11.3. The average Bonchev–Trinajstić information content (AvgIpc) is 2.39. The van der Waals surface area contributed by atoms with Gasteiger partial charge in [-0.05, 0) is 18.9 Å². The van der Waals surface area contributed by atoms with Crippen LogP contribution < -0.4 is 5.73 Å². The fourth-order valence-electron chi connectivity index (χ4n) is 2.02. The molecule has 0 aromatic carbocycles. The highest BCUT2D eigenvalue weighted by Gasteiger charge is 2.29. The highest BCUT2D eigenvalue weighted by molar-refractivity contribution is 7.89. The molecule has 1 aromatic heterocycles. The summed E-state index contributed by atoms with van der Waals surface area (Å²) in [6, 6.07) is 2.62. The highest BCUT2D eigenvalue weighted by Crippen LogP contribution is 2.21. The van der Waals surface area contributed by atoms with Crippen LogP contribution in [0.4, 0.5) is 5.82 Å². The largest absolute Gasteiger partial charge is 0.395 e. The molecule has 19 heavy (non-hydrogen) atoms. The van der Waals surface area contributed by atoms with E-state index in [1.54, 1.807) is 0 Å². The first-order valence-corrected chi connectivity index (χ1v) is 7.75. The number of aliphatic hydroxyl groups is 1. The van der Waals surface area contributed by atoms with Gasteiger partial charge in [-0.2, -0.15) is 4.31 Å². The molecule has 0 saturated heterocycles. The van der Waals surface area contributed by atoms with Crippen molar-refractivity contribution >= 4 is 15.8 Å². The lowest BCUT2D eigenvalue weighted by Crippen LogP contribution is -2.41. The van der Waals surface area contributed by atoms with Gasteiger partial charge in [0.25, 0.3) is 0 Å². The van der Waals surface area contributed by atoms with E-state index in [9.17, 15) is 8.42 Å². The van der Waals surface area contributed by atoms with E-state index in [2.05, 4.69) is 4.98 Å². The molecule has 1 aromatic rings. The fraction of sp³-hybridized carbons (Fsp3) is 0.583. The van der Waals surface area contributed by atoms with Crippen molar-refractivity contribution in [3.05, 3.63) is 18.3 Å². The molecule has 3 N–H and O–H groups in total. The summed E-state index contributed by atoms with van der Waals surface area (Å²) in [6.07, 6.45) is 2.75. The van der Waals surface area contributed by atoms with Gasteiger partial charge in [-0.25, -0.2) is 13.4 Å². The molecular formula is C12H21N3O3S. The fourth-order valence-corrected chi connectivity index (χ4v) is 3.80. The maximum atomic E-state index is 12.6. The Labute approximate surface area is 114 Å². The molecule has 0 unspecified atom stereocenters. The van der Waals surface area contributed by atoms with Gasteiger partial charge in [-0.1, -0.05) is 13.8 Å². The number of aromatic nitrogens is 1. The van der Waals surface area contributed by atoms with Gasteiger partial charge >= 0.3 is 0 Å². The third-order valence-corrected chi connectivity index (χ3v) is 4.98. The number of sulfonamides is 1. The van der Waals surface area contributed by atoms with Crippen molar-refractivity contribution in [3.8, 4) is 0 Å². The quantitative estimate of drug-likeness (QED) is 0.774. The molecule has 1 rings (SSSR count). The van der Waals surface area contributed by atoms with E-state index in [0.29, 0.717) is 12.8 Å². The second-order valence-electron chi connectivity index (χ2n) is 4.23. The van der Waals surface area contributed by atoms with Crippen molar-refractivity contribution in [1.29, 1.82) is 0 Å². The second kappa shape index (κ2) is 6.83. The summed E-state index contributed by atoms with van der Waals surface area (Å²) in [5, 5.41) is 9.10. The third-order valence-electron chi connectivity index (χ3n) is 3.03. The van der Waals surface area contributed by atoms with Gasteiger partial charge in [0.1, 0.15) is 5.82 Å². The van der Waals surface area contributed by atoms with Crippen LogP contribution in [-0.4, -0.2) is 42.0 Å². The minimum absolute atomic E-state index is 0.0803. The van der Waals surface area contributed by atoms with E-state index in [0.717, 1.165) is 0 Å². The van der Waals surface area contributed by atoms with Gasteiger partial charge in [0, 0.05) is 24.8 Å². The zero-order chi connectivity index (χ0) is 14.5. The number of anilines is 1. The van der Waals surface area contributed by atoms with Crippen molar-refractivity contribution in [2.45, 2.75) is 37.6 Å². The molecule has 0 atom stereocenters. The summed E-state index contributed by atoms with van der Waals surface area (Å²) < 4.78 is 26.5. The van der Waals surface area contributed by atoms with Crippen LogP contribution in [0.3, 0.4) is 0 Å². The van der Waals surface area contributed by atoms with E-state index in [1.165, 1.54) is 22.6 Å². The van der Waals surface area contributed by atoms with Crippen LogP contribution >= 0.6 is 0 Å². The first-order chi connectivity index (χ1) is 8.97. The molecule has 6 nitrogen and oxygen atoms in total. The van der Waals surface area contributed by atoms with Gasteiger partial charge in [-0.3, -0.25) is 0 Å². The topological polar surface area (TPSA) is 96.5 Å². The van der Waals surface area contributed by atoms with Crippen LogP contribution in [0.15, 0.2) is 23.2 Å². The highest BCUT2D eigenvalue weighted by atomic mass is 32.2. The Morgan fingerprint density at radius 2 is 2.05 bits per heavy atom. The van der Waals surface area contributed by atoms with Crippen molar-refractivity contribution in [2.24, 2.45) is 0 Å². The minimum atomic E-state index is -3.66. The van der Waals surface area contributed by atoms with Gasteiger partial charge < -0.3 is 10.8 Å². The van der Waals surface area contributed by atoms with Crippen molar-refractivity contribution < 1.29 is 13.5 Å². The molecule has 1 heterocycles. The molecule has 0 bridgehead atoms. The zero-order valence-corrected chi connectivity index (χ0v) is 12.1. The predicted octanol–water partition coefficient (Wildman–Crippen LogP) is 0.835. The number of aliphatic hydroxyl groups excluding tert-OH is 1. The Kier molecular flexibility index (Phi) is 5.71. The SMILES string of the molecule is CCC(CC)N(CCO)S(=O)(=O)c1ccnc(N)c1. The van der Waals surface area contributed by atoms with Gasteiger partial charge in [0.15, 0.2) is 0 Å².